The van der Waals surface area contributed by atoms with Gasteiger partial charge in [-0.2, -0.15) is 0 Å². The van der Waals surface area contributed by atoms with E-state index in [-0.39, 0.29) is 18.1 Å². The van der Waals surface area contributed by atoms with Gasteiger partial charge in [0, 0.05) is 27.1 Å². The molecule has 0 fully saturated rings. The number of rotatable bonds is 9. The number of aromatic nitrogens is 4. The third kappa shape index (κ3) is 4.47. The van der Waals surface area contributed by atoms with E-state index in [0.717, 1.165) is 12.8 Å². The molecule has 2 aromatic rings. The minimum absolute atomic E-state index is 0.120. The van der Waals surface area contributed by atoms with Gasteiger partial charge in [0.25, 0.3) is 5.56 Å². The van der Waals surface area contributed by atoms with Crippen LogP contribution in [0.15, 0.2) is 14.0 Å². The highest BCUT2D eigenvalue weighted by Crippen LogP contribution is 2.19. The zero-order valence-electron chi connectivity index (χ0n) is 14.7. The summed E-state index contributed by atoms with van der Waals surface area (Å²) in [5.74, 6) is 0.893. The molecule has 0 bridgehead atoms. The molecule has 10 heteroatoms. The van der Waals surface area contributed by atoms with Gasteiger partial charge in [0.15, 0.2) is 0 Å². The minimum atomic E-state index is -0.553. The molecule has 0 aromatic carbocycles. The molecule has 0 unspecified atom stereocenters. The molecule has 10 nitrogen and oxygen atoms in total. The second-order valence-electron chi connectivity index (χ2n) is 5.63. The Hall–Kier alpha value is -2.62. The van der Waals surface area contributed by atoms with Crippen LogP contribution >= 0.6 is 0 Å². The molecule has 2 aromatic heterocycles. The van der Waals surface area contributed by atoms with E-state index in [2.05, 4.69) is 15.2 Å². The van der Waals surface area contributed by atoms with E-state index in [1.165, 1.54) is 4.57 Å². The monoisotopic (exact) mass is 352 g/mol. The smallest absolute Gasteiger partial charge is 0.330 e. The first kappa shape index (κ1) is 18.7. The highest BCUT2D eigenvalue weighted by atomic mass is 16.5. The van der Waals surface area contributed by atoms with Gasteiger partial charge >= 0.3 is 5.69 Å². The van der Waals surface area contributed by atoms with Crippen LogP contribution < -0.4 is 21.9 Å². The summed E-state index contributed by atoms with van der Waals surface area (Å²) in [5.41, 5.74) is 5.28. The lowest BCUT2D eigenvalue weighted by molar-refractivity contribution is 0.204. The van der Waals surface area contributed by atoms with E-state index >= 15 is 0 Å². The maximum absolute atomic E-state index is 12.4. The summed E-state index contributed by atoms with van der Waals surface area (Å²) in [4.78, 5) is 28.5. The van der Waals surface area contributed by atoms with Gasteiger partial charge in [0.2, 0.25) is 11.8 Å². The zero-order valence-corrected chi connectivity index (χ0v) is 14.7. The first-order valence-electron chi connectivity index (χ1n) is 8.13. The van der Waals surface area contributed by atoms with Crippen LogP contribution in [0.5, 0.6) is 0 Å². The average molecular weight is 352 g/mol. The number of ether oxygens (including phenoxy) is 1. The third-order valence-corrected chi connectivity index (χ3v) is 3.72. The topological polar surface area (TPSA) is 132 Å². The number of aryl methyl sites for hydroxylation is 1. The molecule has 2 heterocycles. The molecule has 138 valence electrons. The van der Waals surface area contributed by atoms with E-state index in [0.29, 0.717) is 31.5 Å². The van der Waals surface area contributed by atoms with Crippen molar-refractivity contribution in [2.24, 2.45) is 0 Å². The number of methoxy groups -OCH3 is 1. The van der Waals surface area contributed by atoms with Crippen molar-refractivity contribution in [3.8, 4) is 0 Å². The molecule has 0 aliphatic carbocycles. The van der Waals surface area contributed by atoms with E-state index in [9.17, 15) is 9.59 Å². The predicted molar refractivity (Wildman–Crippen MR) is 92.6 cm³/mol. The molecular weight excluding hydrogens is 328 g/mol. The molecule has 3 N–H and O–H groups in total. The fraction of sp³-hybridized carbons (Fsp3) is 0.600. The van der Waals surface area contributed by atoms with Gasteiger partial charge in [0.1, 0.15) is 11.5 Å². The van der Waals surface area contributed by atoms with E-state index in [4.69, 9.17) is 14.9 Å². The van der Waals surface area contributed by atoms with Gasteiger partial charge in [-0.25, -0.2) is 4.79 Å². The standard InChI is InChI=1S/C15H24N6O4/c1-4-5-6-21-13(16)12(14(22)17-15(21)23)20(7-8-24-3)9-11-19-18-10(2)25-11/h4-9,16H2,1-3H3,(H,17,22,23). The van der Waals surface area contributed by atoms with Gasteiger partial charge in [-0.1, -0.05) is 13.3 Å². The Balaban J connectivity index is 2.44. The van der Waals surface area contributed by atoms with Crippen molar-refractivity contribution in [2.75, 3.05) is 30.9 Å². The largest absolute Gasteiger partial charge is 0.424 e. The maximum atomic E-state index is 12.4. The minimum Gasteiger partial charge on any atom is -0.424 e. The molecule has 0 aliphatic heterocycles. The van der Waals surface area contributed by atoms with Crippen LogP contribution in [0, 0.1) is 6.92 Å². The van der Waals surface area contributed by atoms with Gasteiger partial charge < -0.3 is 19.8 Å². The second kappa shape index (κ2) is 8.47. The molecule has 0 atom stereocenters. The van der Waals surface area contributed by atoms with Crippen LogP contribution in [0.4, 0.5) is 11.5 Å². The highest BCUT2D eigenvalue weighted by Gasteiger charge is 2.20. The van der Waals surface area contributed by atoms with Crippen LogP contribution in [0.3, 0.4) is 0 Å². The number of nitrogens with two attached hydrogens (primary N) is 1. The molecule has 2 rings (SSSR count). The number of aromatic amines is 1. The first-order valence-corrected chi connectivity index (χ1v) is 8.13. The van der Waals surface area contributed by atoms with Gasteiger partial charge in [0.05, 0.1) is 13.2 Å². The summed E-state index contributed by atoms with van der Waals surface area (Å²) in [5, 5.41) is 7.73. The molecule has 0 amide bonds. The molecule has 0 saturated heterocycles. The Morgan fingerprint density at radius 2 is 2.12 bits per heavy atom. The Bertz CT molecular complexity index is 809. The lowest BCUT2D eigenvalue weighted by atomic mass is 10.3. The van der Waals surface area contributed by atoms with E-state index in [1.807, 2.05) is 6.92 Å². The number of hydrogen-bond donors (Lipinski definition) is 2. The number of nitrogens with zero attached hydrogens (tertiary/aromatic N) is 4. The summed E-state index contributed by atoms with van der Waals surface area (Å²) in [7, 11) is 1.56. The summed E-state index contributed by atoms with van der Waals surface area (Å²) in [6, 6.07) is 0. The molecule has 0 radical (unpaired) electrons. The summed E-state index contributed by atoms with van der Waals surface area (Å²) in [6.45, 7) is 5.04. The summed E-state index contributed by atoms with van der Waals surface area (Å²) >= 11 is 0. The molecular formula is C15H24N6O4. The molecule has 0 saturated carbocycles. The van der Waals surface area contributed by atoms with E-state index < -0.39 is 11.2 Å². The quantitative estimate of drug-likeness (QED) is 0.657. The van der Waals surface area contributed by atoms with E-state index in [1.54, 1.807) is 18.9 Å². The summed E-state index contributed by atoms with van der Waals surface area (Å²) in [6.07, 6.45) is 1.67. The number of hydrogen-bond acceptors (Lipinski definition) is 8. The van der Waals surface area contributed by atoms with Gasteiger partial charge in [-0.3, -0.25) is 14.3 Å². The van der Waals surface area contributed by atoms with Crippen molar-refractivity contribution < 1.29 is 9.15 Å². The fourth-order valence-corrected chi connectivity index (χ4v) is 2.46. The zero-order chi connectivity index (χ0) is 18.4. The van der Waals surface area contributed by atoms with Crippen molar-refractivity contribution in [2.45, 2.75) is 39.8 Å². The Morgan fingerprint density at radius 3 is 2.72 bits per heavy atom. The highest BCUT2D eigenvalue weighted by molar-refractivity contribution is 5.62. The second-order valence-corrected chi connectivity index (χ2v) is 5.63. The molecule has 25 heavy (non-hydrogen) atoms. The Kier molecular flexibility index (Phi) is 6.34. The van der Waals surface area contributed by atoms with Crippen molar-refractivity contribution in [3.05, 3.63) is 32.6 Å². The average Bonchev–Trinajstić information content (AvgIpc) is 2.97. The number of nitrogen functional groups attached to an aromatic ring is 1. The van der Waals surface area contributed by atoms with Crippen molar-refractivity contribution in [1.29, 1.82) is 0 Å². The number of anilines is 2. The normalized spacial score (nSPS) is 11.0. The number of H-pyrrole nitrogens is 1. The fourth-order valence-electron chi connectivity index (χ4n) is 2.46. The first-order chi connectivity index (χ1) is 12.0. The third-order valence-electron chi connectivity index (χ3n) is 3.72. The molecule has 0 aliphatic rings. The number of nitrogens with one attached hydrogen (secondary N) is 1. The van der Waals surface area contributed by atoms with Crippen LogP contribution in [0.2, 0.25) is 0 Å². The van der Waals surface area contributed by atoms with Crippen LogP contribution in [0.1, 0.15) is 31.5 Å². The van der Waals surface area contributed by atoms with Crippen LogP contribution in [-0.2, 0) is 17.8 Å². The number of unbranched alkanes of at least 4 members (excludes halogenated alkanes) is 1. The van der Waals surface area contributed by atoms with Crippen LogP contribution in [-0.4, -0.2) is 40.0 Å². The Labute approximate surface area is 144 Å². The van der Waals surface area contributed by atoms with Gasteiger partial charge in [-0.15, -0.1) is 10.2 Å². The van der Waals surface area contributed by atoms with Crippen LogP contribution in [0.25, 0.3) is 0 Å². The summed E-state index contributed by atoms with van der Waals surface area (Å²) < 4.78 is 11.9. The predicted octanol–water partition coefficient (Wildman–Crippen LogP) is 0.263. The van der Waals surface area contributed by atoms with Gasteiger partial charge in [-0.05, 0) is 6.42 Å². The van der Waals surface area contributed by atoms with Crippen molar-refractivity contribution >= 4 is 11.5 Å². The SMILES string of the molecule is CCCCn1c(N)c(N(CCOC)Cc2nnc(C)o2)c(=O)[nH]c1=O. The molecule has 0 spiro atoms. The lowest BCUT2D eigenvalue weighted by Crippen LogP contribution is -2.39. The maximum Gasteiger partial charge on any atom is 0.330 e. The van der Waals surface area contributed by atoms with Crippen molar-refractivity contribution in [1.82, 2.24) is 19.7 Å². The Morgan fingerprint density at radius 1 is 1.36 bits per heavy atom. The lowest BCUT2D eigenvalue weighted by Gasteiger charge is -2.24. The van der Waals surface area contributed by atoms with Crippen molar-refractivity contribution in [3.63, 3.8) is 0 Å².